The smallest absolute Gasteiger partial charge is 0.335 e. The zero-order valence-electron chi connectivity index (χ0n) is 10.0. The summed E-state index contributed by atoms with van der Waals surface area (Å²) in [5, 5.41) is 8.76. The summed E-state index contributed by atoms with van der Waals surface area (Å²) in [6, 6.07) is 8.92. The highest BCUT2D eigenvalue weighted by atomic mass is 35.5. The van der Waals surface area contributed by atoms with Crippen LogP contribution in [0.5, 0.6) is 0 Å². The lowest BCUT2D eigenvalue weighted by molar-refractivity contribution is 0.0697. The molecule has 0 saturated carbocycles. The first-order valence-corrected chi connectivity index (χ1v) is 8.13. The standard InChI is InChI=1S/C12H10ClNO4S2/c13-10-5-6-11(19-10)20(17,18)14-7-8-1-3-9(4-2-8)12(15)16/h1-6,14H,7H2,(H,15,16). The van der Waals surface area contributed by atoms with Crippen molar-refractivity contribution in [2.75, 3.05) is 0 Å². The summed E-state index contributed by atoms with van der Waals surface area (Å²) in [6.07, 6.45) is 0. The Bertz CT molecular complexity index is 722. The molecule has 0 atom stereocenters. The van der Waals surface area contributed by atoms with Crippen LogP contribution in [0.25, 0.3) is 0 Å². The molecule has 2 aromatic rings. The van der Waals surface area contributed by atoms with Crippen LogP contribution in [0.3, 0.4) is 0 Å². The zero-order valence-corrected chi connectivity index (χ0v) is 12.4. The van der Waals surface area contributed by atoms with Crippen molar-refractivity contribution >= 4 is 38.9 Å². The monoisotopic (exact) mass is 331 g/mol. The fourth-order valence-electron chi connectivity index (χ4n) is 1.46. The Morgan fingerprint density at radius 1 is 1.20 bits per heavy atom. The summed E-state index contributed by atoms with van der Waals surface area (Å²) in [7, 11) is -3.60. The molecule has 0 bridgehead atoms. The molecule has 106 valence electrons. The number of aromatic carboxylic acids is 1. The maximum Gasteiger partial charge on any atom is 0.335 e. The molecule has 0 unspecified atom stereocenters. The molecule has 0 aliphatic carbocycles. The van der Waals surface area contributed by atoms with Crippen molar-refractivity contribution in [3.8, 4) is 0 Å². The number of rotatable bonds is 5. The van der Waals surface area contributed by atoms with Gasteiger partial charge in [-0.2, -0.15) is 0 Å². The van der Waals surface area contributed by atoms with Crippen molar-refractivity contribution in [1.82, 2.24) is 4.72 Å². The topological polar surface area (TPSA) is 83.5 Å². The van der Waals surface area contributed by atoms with Crippen molar-refractivity contribution in [2.45, 2.75) is 10.8 Å². The van der Waals surface area contributed by atoms with Gasteiger partial charge in [-0.1, -0.05) is 23.7 Å². The lowest BCUT2D eigenvalue weighted by atomic mass is 10.1. The average Bonchev–Trinajstić information content (AvgIpc) is 2.84. The summed E-state index contributed by atoms with van der Waals surface area (Å²) < 4.78 is 26.9. The Hall–Kier alpha value is -1.41. The van der Waals surface area contributed by atoms with Gasteiger partial charge in [0.25, 0.3) is 0 Å². The van der Waals surface area contributed by atoms with E-state index in [0.717, 1.165) is 11.3 Å². The number of benzene rings is 1. The van der Waals surface area contributed by atoms with Crippen LogP contribution >= 0.6 is 22.9 Å². The summed E-state index contributed by atoms with van der Waals surface area (Å²) >= 11 is 6.67. The number of sulfonamides is 1. The minimum atomic E-state index is -3.60. The van der Waals surface area contributed by atoms with E-state index in [0.29, 0.717) is 9.90 Å². The molecule has 1 aromatic carbocycles. The number of carboxylic acids is 1. The minimum Gasteiger partial charge on any atom is -0.478 e. The summed E-state index contributed by atoms with van der Waals surface area (Å²) in [5.41, 5.74) is 0.822. The van der Waals surface area contributed by atoms with Crippen LogP contribution in [-0.2, 0) is 16.6 Å². The molecular formula is C12H10ClNO4S2. The van der Waals surface area contributed by atoms with Gasteiger partial charge in [-0.15, -0.1) is 11.3 Å². The molecule has 0 fully saturated rings. The van der Waals surface area contributed by atoms with E-state index in [1.807, 2.05) is 0 Å². The van der Waals surface area contributed by atoms with Crippen LogP contribution in [0.4, 0.5) is 0 Å². The molecule has 0 aliphatic rings. The highest BCUT2D eigenvalue weighted by Gasteiger charge is 2.16. The zero-order chi connectivity index (χ0) is 14.8. The minimum absolute atomic E-state index is 0.0811. The highest BCUT2D eigenvalue weighted by molar-refractivity contribution is 7.91. The molecule has 0 radical (unpaired) electrons. The predicted molar refractivity (Wildman–Crippen MR) is 76.8 cm³/mol. The van der Waals surface area contributed by atoms with Crippen molar-refractivity contribution in [2.24, 2.45) is 0 Å². The fourth-order valence-corrected chi connectivity index (χ4v) is 4.00. The Morgan fingerprint density at radius 3 is 2.35 bits per heavy atom. The second kappa shape index (κ2) is 5.92. The largest absolute Gasteiger partial charge is 0.478 e. The molecule has 1 heterocycles. The van der Waals surface area contributed by atoms with E-state index in [-0.39, 0.29) is 16.3 Å². The number of halogens is 1. The molecule has 0 saturated heterocycles. The third-order valence-corrected chi connectivity index (χ3v) is 5.60. The van der Waals surface area contributed by atoms with E-state index < -0.39 is 16.0 Å². The van der Waals surface area contributed by atoms with Gasteiger partial charge in [-0.25, -0.2) is 17.9 Å². The quantitative estimate of drug-likeness (QED) is 0.882. The molecule has 8 heteroatoms. The van der Waals surface area contributed by atoms with Crippen LogP contribution in [0.2, 0.25) is 4.34 Å². The maximum absolute atomic E-state index is 11.9. The number of carboxylic acid groups (broad SMARTS) is 1. The van der Waals surface area contributed by atoms with E-state index >= 15 is 0 Å². The van der Waals surface area contributed by atoms with Crippen molar-refractivity contribution in [1.29, 1.82) is 0 Å². The Morgan fingerprint density at radius 2 is 1.85 bits per heavy atom. The molecule has 1 aromatic heterocycles. The fraction of sp³-hybridized carbons (Fsp3) is 0.0833. The summed E-state index contributed by atoms with van der Waals surface area (Å²) in [6.45, 7) is 0.0811. The molecule has 20 heavy (non-hydrogen) atoms. The molecule has 2 N–H and O–H groups in total. The second-order valence-electron chi connectivity index (χ2n) is 3.89. The number of hydrogen-bond acceptors (Lipinski definition) is 4. The van der Waals surface area contributed by atoms with E-state index in [4.69, 9.17) is 16.7 Å². The maximum atomic E-state index is 11.9. The average molecular weight is 332 g/mol. The molecule has 5 nitrogen and oxygen atoms in total. The predicted octanol–water partition coefficient (Wildman–Crippen LogP) is 2.58. The Labute approximate surface area is 124 Å². The highest BCUT2D eigenvalue weighted by Crippen LogP contribution is 2.25. The molecule has 0 aliphatic heterocycles. The van der Waals surface area contributed by atoms with Crippen LogP contribution in [0.1, 0.15) is 15.9 Å². The van der Waals surface area contributed by atoms with Crippen molar-refractivity contribution in [3.63, 3.8) is 0 Å². The van der Waals surface area contributed by atoms with Gasteiger partial charge >= 0.3 is 5.97 Å². The number of thiophene rings is 1. The van der Waals surface area contributed by atoms with Gasteiger partial charge in [0.15, 0.2) is 0 Å². The van der Waals surface area contributed by atoms with E-state index in [9.17, 15) is 13.2 Å². The summed E-state index contributed by atoms with van der Waals surface area (Å²) in [4.78, 5) is 10.7. The molecule has 2 rings (SSSR count). The first kappa shape index (κ1) is 15.0. The molecular weight excluding hydrogens is 322 g/mol. The molecule has 0 spiro atoms. The lowest BCUT2D eigenvalue weighted by Gasteiger charge is -2.05. The Kier molecular flexibility index (Phi) is 4.44. The lowest BCUT2D eigenvalue weighted by Crippen LogP contribution is -2.22. The van der Waals surface area contributed by atoms with Gasteiger partial charge in [0.05, 0.1) is 9.90 Å². The SMILES string of the molecule is O=C(O)c1ccc(CNS(=O)(=O)c2ccc(Cl)s2)cc1. The first-order valence-electron chi connectivity index (χ1n) is 5.46. The van der Waals surface area contributed by atoms with E-state index in [1.54, 1.807) is 12.1 Å². The van der Waals surface area contributed by atoms with Crippen LogP contribution in [-0.4, -0.2) is 19.5 Å². The van der Waals surface area contributed by atoms with E-state index in [2.05, 4.69) is 4.72 Å². The van der Waals surface area contributed by atoms with Gasteiger partial charge in [0.2, 0.25) is 10.0 Å². The van der Waals surface area contributed by atoms with Crippen molar-refractivity contribution < 1.29 is 18.3 Å². The van der Waals surface area contributed by atoms with Gasteiger partial charge in [0.1, 0.15) is 4.21 Å². The number of hydrogen-bond donors (Lipinski definition) is 2. The first-order chi connectivity index (χ1) is 9.38. The Balaban J connectivity index is 2.06. The van der Waals surface area contributed by atoms with Crippen molar-refractivity contribution in [3.05, 3.63) is 51.9 Å². The summed E-state index contributed by atoms with van der Waals surface area (Å²) in [5.74, 6) is -1.02. The van der Waals surface area contributed by atoms with Gasteiger partial charge in [-0.05, 0) is 29.8 Å². The normalized spacial score (nSPS) is 11.4. The van der Waals surface area contributed by atoms with Crippen LogP contribution in [0, 0.1) is 0 Å². The van der Waals surface area contributed by atoms with Crippen LogP contribution < -0.4 is 4.72 Å². The molecule has 0 amide bonds. The van der Waals surface area contributed by atoms with Gasteiger partial charge < -0.3 is 5.11 Å². The van der Waals surface area contributed by atoms with Gasteiger partial charge in [-0.3, -0.25) is 0 Å². The van der Waals surface area contributed by atoms with Gasteiger partial charge in [0, 0.05) is 6.54 Å². The third-order valence-electron chi connectivity index (χ3n) is 2.48. The number of carbonyl (C=O) groups is 1. The van der Waals surface area contributed by atoms with Crippen LogP contribution in [0.15, 0.2) is 40.6 Å². The second-order valence-corrected chi connectivity index (χ2v) is 7.59. The van der Waals surface area contributed by atoms with E-state index in [1.165, 1.54) is 24.3 Å². The third kappa shape index (κ3) is 3.57. The number of nitrogens with one attached hydrogen (secondary N) is 1.